The molecule has 7 heteroatoms. The van der Waals surface area contributed by atoms with Gasteiger partial charge in [-0.1, -0.05) is 48.2 Å². The summed E-state index contributed by atoms with van der Waals surface area (Å²) < 4.78 is 3.93. The van der Waals surface area contributed by atoms with E-state index in [0.29, 0.717) is 12.3 Å². The molecule has 0 saturated carbocycles. The third-order valence-corrected chi connectivity index (χ3v) is 6.09. The van der Waals surface area contributed by atoms with Crippen molar-refractivity contribution in [2.45, 2.75) is 32.1 Å². The molecule has 4 rings (SSSR count). The molecule has 0 aliphatic rings. The normalized spacial score (nSPS) is 11.0. The van der Waals surface area contributed by atoms with Crippen molar-refractivity contribution in [1.82, 2.24) is 24.2 Å². The number of nitrogens with zero attached hydrogens (tertiary/aromatic N) is 5. The van der Waals surface area contributed by atoms with Crippen LogP contribution in [0.4, 0.5) is 0 Å². The van der Waals surface area contributed by atoms with Crippen LogP contribution in [0.5, 0.6) is 0 Å². The standard InChI is InChI=1S/C25H27N5OS/c1-19-11-20(2)13-23(12-19)30-10-9-26-25(30)32-18-24(31)28(3)15-22-14-27-29(17-22)16-21-7-5-4-6-8-21/h4-14,17H,15-16,18H2,1-3H3. The van der Waals surface area contributed by atoms with Gasteiger partial charge in [0.15, 0.2) is 5.16 Å². The molecule has 164 valence electrons. The topological polar surface area (TPSA) is 56.0 Å². The molecular weight excluding hydrogens is 418 g/mol. The Hall–Kier alpha value is -3.32. The second kappa shape index (κ2) is 9.87. The zero-order chi connectivity index (χ0) is 22.5. The summed E-state index contributed by atoms with van der Waals surface area (Å²) in [5, 5.41) is 5.24. The first-order valence-electron chi connectivity index (χ1n) is 10.5. The van der Waals surface area contributed by atoms with Crippen LogP contribution in [0.3, 0.4) is 0 Å². The van der Waals surface area contributed by atoms with Crippen LogP contribution in [0.15, 0.2) is 78.5 Å². The summed E-state index contributed by atoms with van der Waals surface area (Å²) in [4.78, 5) is 18.9. The second-order valence-electron chi connectivity index (χ2n) is 8.00. The van der Waals surface area contributed by atoms with E-state index in [2.05, 4.69) is 54.3 Å². The molecule has 0 N–H and O–H groups in total. The molecule has 0 spiro atoms. The summed E-state index contributed by atoms with van der Waals surface area (Å²) in [7, 11) is 1.83. The molecule has 32 heavy (non-hydrogen) atoms. The van der Waals surface area contributed by atoms with Gasteiger partial charge in [0.2, 0.25) is 5.91 Å². The largest absolute Gasteiger partial charge is 0.341 e. The fraction of sp³-hybridized carbons (Fsp3) is 0.240. The summed E-state index contributed by atoms with van der Waals surface area (Å²) in [5.41, 5.74) is 5.68. The molecule has 2 heterocycles. The van der Waals surface area contributed by atoms with Gasteiger partial charge in [-0.2, -0.15) is 5.10 Å². The predicted octanol–water partition coefficient (Wildman–Crippen LogP) is 4.48. The minimum absolute atomic E-state index is 0.0563. The van der Waals surface area contributed by atoms with Crippen LogP contribution in [-0.2, 0) is 17.9 Å². The number of carbonyl (C=O) groups excluding carboxylic acids is 1. The lowest BCUT2D eigenvalue weighted by molar-refractivity contribution is -0.127. The van der Waals surface area contributed by atoms with Crippen LogP contribution in [0.1, 0.15) is 22.3 Å². The zero-order valence-electron chi connectivity index (χ0n) is 18.6. The number of carbonyl (C=O) groups is 1. The van der Waals surface area contributed by atoms with Crippen molar-refractivity contribution < 1.29 is 4.79 Å². The summed E-state index contributed by atoms with van der Waals surface area (Å²) in [6.45, 7) is 5.41. The smallest absolute Gasteiger partial charge is 0.233 e. The maximum atomic E-state index is 12.7. The van der Waals surface area contributed by atoms with Crippen LogP contribution in [-0.4, -0.2) is 42.9 Å². The number of aromatic nitrogens is 4. The van der Waals surface area contributed by atoms with Gasteiger partial charge < -0.3 is 4.90 Å². The average Bonchev–Trinajstić information content (AvgIpc) is 3.41. The minimum Gasteiger partial charge on any atom is -0.341 e. The lowest BCUT2D eigenvalue weighted by Gasteiger charge is -2.16. The molecule has 1 amide bonds. The highest BCUT2D eigenvalue weighted by atomic mass is 32.2. The number of aryl methyl sites for hydroxylation is 2. The van der Waals surface area contributed by atoms with E-state index in [1.54, 1.807) is 11.1 Å². The van der Waals surface area contributed by atoms with Crippen molar-refractivity contribution >= 4 is 17.7 Å². The van der Waals surface area contributed by atoms with Gasteiger partial charge in [0, 0.05) is 43.4 Å². The predicted molar refractivity (Wildman–Crippen MR) is 128 cm³/mol. The number of rotatable bonds is 8. The van der Waals surface area contributed by atoms with Crippen LogP contribution in [0.25, 0.3) is 5.69 Å². The second-order valence-corrected chi connectivity index (χ2v) is 8.94. The number of amides is 1. The number of imidazole rings is 1. The van der Waals surface area contributed by atoms with E-state index < -0.39 is 0 Å². The molecule has 4 aromatic rings. The van der Waals surface area contributed by atoms with E-state index >= 15 is 0 Å². The van der Waals surface area contributed by atoms with Crippen molar-refractivity contribution in [3.63, 3.8) is 0 Å². The number of benzene rings is 2. The first kappa shape index (κ1) is 21.9. The van der Waals surface area contributed by atoms with Crippen molar-refractivity contribution in [1.29, 1.82) is 0 Å². The Labute approximate surface area is 192 Å². The zero-order valence-corrected chi connectivity index (χ0v) is 19.4. The molecule has 0 unspecified atom stereocenters. The molecule has 0 atom stereocenters. The van der Waals surface area contributed by atoms with Gasteiger partial charge in [-0.3, -0.25) is 14.0 Å². The first-order valence-corrected chi connectivity index (χ1v) is 11.5. The number of hydrogen-bond acceptors (Lipinski definition) is 4. The minimum atomic E-state index is 0.0563. The monoisotopic (exact) mass is 445 g/mol. The SMILES string of the molecule is Cc1cc(C)cc(-n2ccnc2SCC(=O)N(C)Cc2cnn(Cc3ccccc3)c2)c1. The summed E-state index contributed by atoms with van der Waals surface area (Å²) in [5.74, 6) is 0.386. The van der Waals surface area contributed by atoms with E-state index in [-0.39, 0.29) is 5.91 Å². The first-order chi connectivity index (χ1) is 15.5. The van der Waals surface area contributed by atoms with Gasteiger partial charge in [-0.15, -0.1) is 0 Å². The van der Waals surface area contributed by atoms with Gasteiger partial charge in [-0.25, -0.2) is 4.98 Å². The quantitative estimate of drug-likeness (QED) is 0.375. The Balaban J connectivity index is 1.34. The number of thioether (sulfide) groups is 1. The van der Waals surface area contributed by atoms with Gasteiger partial charge in [-0.05, 0) is 42.7 Å². The highest BCUT2D eigenvalue weighted by Crippen LogP contribution is 2.22. The summed E-state index contributed by atoms with van der Waals surface area (Å²) >= 11 is 1.45. The van der Waals surface area contributed by atoms with Crippen LogP contribution in [0, 0.1) is 13.8 Å². The van der Waals surface area contributed by atoms with E-state index in [0.717, 1.165) is 23.0 Å². The molecule has 6 nitrogen and oxygen atoms in total. The molecule has 2 aromatic heterocycles. The van der Waals surface area contributed by atoms with Gasteiger partial charge >= 0.3 is 0 Å². The summed E-state index contributed by atoms with van der Waals surface area (Å²) in [6.07, 6.45) is 7.53. The Morgan fingerprint density at radius 1 is 1.06 bits per heavy atom. The van der Waals surface area contributed by atoms with Gasteiger partial charge in [0.25, 0.3) is 0 Å². The van der Waals surface area contributed by atoms with Crippen LogP contribution in [0.2, 0.25) is 0 Å². The lowest BCUT2D eigenvalue weighted by atomic mass is 10.1. The maximum Gasteiger partial charge on any atom is 0.233 e. The van der Waals surface area contributed by atoms with Crippen LogP contribution >= 0.6 is 11.8 Å². The maximum absolute atomic E-state index is 12.7. The van der Waals surface area contributed by atoms with Crippen molar-refractivity contribution in [3.8, 4) is 5.69 Å². The third kappa shape index (κ3) is 5.48. The molecule has 0 aliphatic carbocycles. The molecule has 0 bridgehead atoms. The Morgan fingerprint density at radius 2 is 1.81 bits per heavy atom. The van der Waals surface area contributed by atoms with Gasteiger partial charge in [0.1, 0.15) is 0 Å². The lowest BCUT2D eigenvalue weighted by Crippen LogP contribution is -2.27. The third-order valence-electron chi connectivity index (χ3n) is 5.14. The van der Waals surface area contributed by atoms with Crippen LogP contribution < -0.4 is 0 Å². The molecule has 0 fully saturated rings. The highest BCUT2D eigenvalue weighted by molar-refractivity contribution is 7.99. The average molecular weight is 446 g/mol. The molecule has 0 radical (unpaired) electrons. The molecular formula is C25H27N5OS. The Morgan fingerprint density at radius 3 is 2.56 bits per heavy atom. The molecule has 0 aliphatic heterocycles. The summed E-state index contributed by atoms with van der Waals surface area (Å²) in [6, 6.07) is 16.6. The number of hydrogen-bond donors (Lipinski definition) is 0. The fourth-order valence-electron chi connectivity index (χ4n) is 3.63. The van der Waals surface area contributed by atoms with Crippen molar-refractivity contribution in [2.75, 3.05) is 12.8 Å². The van der Waals surface area contributed by atoms with Crippen molar-refractivity contribution in [2.24, 2.45) is 0 Å². The van der Waals surface area contributed by atoms with E-state index in [1.807, 2.05) is 53.1 Å². The highest BCUT2D eigenvalue weighted by Gasteiger charge is 2.14. The van der Waals surface area contributed by atoms with E-state index in [4.69, 9.17) is 0 Å². The van der Waals surface area contributed by atoms with Gasteiger partial charge in [0.05, 0.1) is 18.5 Å². The molecule has 2 aromatic carbocycles. The van der Waals surface area contributed by atoms with Crippen molar-refractivity contribution in [3.05, 3.63) is 95.6 Å². The Kier molecular flexibility index (Phi) is 6.75. The Bertz CT molecular complexity index is 1180. The van der Waals surface area contributed by atoms with E-state index in [9.17, 15) is 4.79 Å². The fourth-order valence-corrected chi connectivity index (χ4v) is 4.54. The van der Waals surface area contributed by atoms with E-state index in [1.165, 1.54) is 28.5 Å². The molecule has 0 saturated heterocycles.